The zero-order chi connectivity index (χ0) is 19.6. The average Bonchev–Trinajstić information content (AvgIpc) is 3.14. The van der Waals surface area contributed by atoms with Crippen molar-refractivity contribution in [2.45, 2.75) is 31.2 Å². The van der Waals surface area contributed by atoms with Gasteiger partial charge in [-0.15, -0.1) is 0 Å². The molecule has 1 fully saturated rings. The Labute approximate surface area is 163 Å². The van der Waals surface area contributed by atoms with Gasteiger partial charge >= 0.3 is 0 Å². The molecule has 0 saturated carbocycles. The number of hydrogen-bond donors (Lipinski definition) is 0. The number of nitro groups is 1. The number of thiophene rings is 1. The Balaban J connectivity index is 1.92. The van der Waals surface area contributed by atoms with E-state index in [2.05, 4.69) is 0 Å². The minimum atomic E-state index is -3.73. The van der Waals surface area contributed by atoms with Gasteiger partial charge in [0.25, 0.3) is 5.69 Å². The molecule has 1 atom stereocenters. The standard InChI is InChI=1S/C18H23N3O4S2/c1-14-4-3-8-20(11-14)27(24,25)16-5-6-17(18(10-16)21(22)23)19(2)12-15-7-9-26-13-15/h5-7,9-10,13-14H,3-4,8,11-12H2,1-2H3/t14-/m1/s1. The van der Waals surface area contributed by atoms with Crippen LogP contribution in [0.1, 0.15) is 25.3 Å². The van der Waals surface area contributed by atoms with Crippen LogP contribution >= 0.6 is 11.3 Å². The SMILES string of the molecule is C[C@@H]1CCCN(S(=O)(=O)c2ccc(N(C)Cc3ccsc3)c([N+](=O)[O-])c2)C1. The Morgan fingerprint density at radius 3 is 2.78 bits per heavy atom. The minimum Gasteiger partial charge on any atom is -0.365 e. The van der Waals surface area contributed by atoms with Crippen molar-refractivity contribution in [2.75, 3.05) is 25.0 Å². The molecule has 146 valence electrons. The van der Waals surface area contributed by atoms with E-state index < -0.39 is 14.9 Å². The number of hydrogen-bond acceptors (Lipinski definition) is 6. The fraction of sp³-hybridized carbons (Fsp3) is 0.444. The number of nitro benzene ring substituents is 1. The summed E-state index contributed by atoms with van der Waals surface area (Å²) in [6, 6.07) is 6.16. The van der Waals surface area contributed by atoms with Crippen LogP contribution in [0, 0.1) is 16.0 Å². The van der Waals surface area contributed by atoms with E-state index >= 15 is 0 Å². The minimum absolute atomic E-state index is 0.0176. The number of sulfonamides is 1. The summed E-state index contributed by atoms with van der Waals surface area (Å²) in [5.41, 5.74) is 1.26. The third kappa shape index (κ3) is 4.31. The monoisotopic (exact) mass is 409 g/mol. The van der Waals surface area contributed by atoms with Crippen LogP contribution in [0.2, 0.25) is 0 Å². The largest absolute Gasteiger partial charge is 0.365 e. The number of piperidine rings is 1. The highest BCUT2D eigenvalue weighted by Crippen LogP contribution is 2.33. The molecular formula is C18H23N3O4S2. The van der Waals surface area contributed by atoms with E-state index in [9.17, 15) is 18.5 Å². The molecule has 0 radical (unpaired) electrons. The third-order valence-electron chi connectivity index (χ3n) is 4.81. The van der Waals surface area contributed by atoms with Crippen LogP contribution in [0.5, 0.6) is 0 Å². The molecule has 0 unspecified atom stereocenters. The fourth-order valence-electron chi connectivity index (χ4n) is 3.39. The Morgan fingerprint density at radius 1 is 1.37 bits per heavy atom. The smallest absolute Gasteiger partial charge is 0.293 e. The lowest BCUT2D eigenvalue weighted by atomic mass is 10.0. The second kappa shape index (κ2) is 7.95. The molecule has 0 spiro atoms. The second-order valence-corrected chi connectivity index (χ2v) is 9.72. The quantitative estimate of drug-likeness (QED) is 0.536. The highest BCUT2D eigenvalue weighted by molar-refractivity contribution is 7.89. The van der Waals surface area contributed by atoms with Crippen molar-refractivity contribution in [2.24, 2.45) is 5.92 Å². The summed E-state index contributed by atoms with van der Waals surface area (Å²) in [4.78, 5) is 12.8. The van der Waals surface area contributed by atoms with E-state index in [0.29, 0.717) is 31.2 Å². The van der Waals surface area contributed by atoms with E-state index in [0.717, 1.165) is 18.4 Å². The number of benzene rings is 1. The Hall–Kier alpha value is -1.97. The number of anilines is 1. The van der Waals surface area contributed by atoms with Gasteiger partial charge in [-0.25, -0.2) is 8.42 Å². The van der Waals surface area contributed by atoms with Gasteiger partial charge < -0.3 is 4.90 Å². The van der Waals surface area contributed by atoms with Crippen LogP contribution in [-0.2, 0) is 16.6 Å². The predicted molar refractivity (Wildman–Crippen MR) is 107 cm³/mol. The maximum Gasteiger partial charge on any atom is 0.293 e. The van der Waals surface area contributed by atoms with Gasteiger partial charge in [-0.1, -0.05) is 6.92 Å². The molecule has 1 aliphatic rings. The van der Waals surface area contributed by atoms with Gasteiger partial charge in [0.1, 0.15) is 5.69 Å². The van der Waals surface area contributed by atoms with Crippen LogP contribution in [0.25, 0.3) is 0 Å². The van der Waals surface area contributed by atoms with Gasteiger partial charge in [0, 0.05) is 32.7 Å². The Kier molecular flexibility index (Phi) is 5.83. The van der Waals surface area contributed by atoms with Crippen molar-refractivity contribution < 1.29 is 13.3 Å². The van der Waals surface area contributed by atoms with E-state index in [-0.39, 0.29) is 10.6 Å². The predicted octanol–water partition coefficient (Wildman–Crippen LogP) is 3.71. The summed E-state index contributed by atoms with van der Waals surface area (Å²) < 4.78 is 27.3. The molecule has 1 aromatic carbocycles. The van der Waals surface area contributed by atoms with Crippen molar-refractivity contribution in [3.05, 3.63) is 50.7 Å². The molecular weight excluding hydrogens is 386 g/mol. The second-order valence-electron chi connectivity index (χ2n) is 7.01. The Morgan fingerprint density at radius 2 is 2.15 bits per heavy atom. The molecule has 1 saturated heterocycles. The summed E-state index contributed by atoms with van der Waals surface area (Å²) >= 11 is 1.56. The van der Waals surface area contributed by atoms with Gasteiger partial charge in [-0.3, -0.25) is 10.1 Å². The maximum atomic E-state index is 12.9. The summed E-state index contributed by atoms with van der Waals surface area (Å²) in [5.74, 6) is 0.291. The van der Waals surface area contributed by atoms with Gasteiger partial charge in [0.15, 0.2) is 0 Å². The van der Waals surface area contributed by atoms with E-state index in [1.165, 1.54) is 22.5 Å². The lowest BCUT2D eigenvalue weighted by Gasteiger charge is -2.30. The molecule has 0 amide bonds. The zero-order valence-corrected chi connectivity index (χ0v) is 17.0. The van der Waals surface area contributed by atoms with Crippen molar-refractivity contribution in [1.82, 2.24) is 4.31 Å². The molecule has 2 aromatic rings. The molecule has 9 heteroatoms. The van der Waals surface area contributed by atoms with Gasteiger partial charge in [0.05, 0.1) is 9.82 Å². The molecule has 7 nitrogen and oxygen atoms in total. The molecule has 1 aliphatic heterocycles. The highest BCUT2D eigenvalue weighted by Gasteiger charge is 2.31. The lowest BCUT2D eigenvalue weighted by Crippen LogP contribution is -2.39. The topological polar surface area (TPSA) is 83.8 Å². The molecule has 0 aliphatic carbocycles. The summed E-state index contributed by atoms with van der Waals surface area (Å²) in [7, 11) is -1.97. The van der Waals surface area contributed by atoms with Crippen molar-refractivity contribution >= 4 is 32.7 Å². The first-order chi connectivity index (χ1) is 12.8. The van der Waals surface area contributed by atoms with E-state index in [1.54, 1.807) is 23.3 Å². The molecule has 27 heavy (non-hydrogen) atoms. The molecule has 3 rings (SSSR count). The van der Waals surface area contributed by atoms with Crippen LogP contribution < -0.4 is 4.90 Å². The number of nitrogens with zero attached hydrogens (tertiary/aromatic N) is 3. The van der Waals surface area contributed by atoms with Crippen LogP contribution in [0.15, 0.2) is 39.9 Å². The van der Waals surface area contributed by atoms with E-state index in [4.69, 9.17) is 0 Å². The maximum absolute atomic E-state index is 12.9. The molecule has 0 bridgehead atoms. The van der Waals surface area contributed by atoms with Gasteiger partial charge in [-0.2, -0.15) is 15.6 Å². The summed E-state index contributed by atoms with van der Waals surface area (Å²) in [5, 5.41) is 15.5. The first kappa shape index (κ1) is 19.8. The normalized spacial score (nSPS) is 18.4. The third-order valence-corrected chi connectivity index (χ3v) is 7.41. The Bertz CT molecular complexity index is 913. The van der Waals surface area contributed by atoms with Crippen LogP contribution in [0.4, 0.5) is 11.4 Å². The summed E-state index contributed by atoms with van der Waals surface area (Å²) in [6.45, 7) is 3.45. The van der Waals surface area contributed by atoms with Crippen molar-refractivity contribution in [3.8, 4) is 0 Å². The average molecular weight is 410 g/mol. The van der Waals surface area contributed by atoms with Crippen LogP contribution in [-0.4, -0.2) is 37.8 Å². The molecule has 1 aromatic heterocycles. The fourth-order valence-corrected chi connectivity index (χ4v) is 5.67. The lowest BCUT2D eigenvalue weighted by molar-refractivity contribution is -0.384. The number of rotatable bonds is 6. The zero-order valence-electron chi connectivity index (χ0n) is 15.4. The highest BCUT2D eigenvalue weighted by atomic mass is 32.2. The van der Waals surface area contributed by atoms with Crippen molar-refractivity contribution in [1.29, 1.82) is 0 Å². The van der Waals surface area contributed by atoms with Gasteiger partial charge in [0.2, 0.25) is 10.0 Å². The molecule has 0 N–H and O–H groups in total. The first-order valence-electron chi connectivity index (χ1n) is 8.80. The van der Waals surface area contributed by atoms with Gasteiger partial charge in [-0.05, 0) is 53.3 Å². The van der Waals surface area contributed by atoms with Crippen molar-refractivity contribution in [3.63, 3.8) is 0 Å². The van der Waals surface area contributed by atoms with E-state index in [1.807, 2.05) is 23.8 Å². The first-order valence-corrected chi connectivity index (χ1v) is 11.2. The van der Waals surface area contributed by atoms with Crippen LogP contribution in [0.3, 0.4) is 0 Å². The summed E-state index contributed by atoms with van der Waals surface area (Å²) in [6.07, 6.45) is 1.81. The molecule has 2 heterocycles.